The quantitative estimate of drug-likeness (QED) is 0.688. The monoisotopic (exact) mass is 283 g/mol. The molecule has 0 fully saturated rings. The Kier molecular flexibility index (Phi) is 3.27. The number of methoxy groups -OCH3 is 2. The summed E-state index contributed by atoms with van der Waals surface area (Å²) in [5, 5.41) is 3.11. The van der Waals surface area contributed by atoms with E-state index in [1.807, 2.05) is 24.3 Å². The maximum absolute atomic E-state index is 11.2. The summed E-state index contributed by atoms with van der Waals surface area (Å²) in [5.41, 5.74) is 1.92. The van der Waals surface area contributed by atoms with Gasteiger partial charge < -0.3 is 9.47 Å². The molecule has 1 aromatic carbocycles. The number of aromatic nitrogens is 2. The van der Waals surface area contributed by atoms with Crippen molar-refractivity contribution in [2.75, 3.05) is 14.2 Å². The first-order chi connectivity index (χ1) is 10.3. The van der Waals surface area contributed by atoms with Gasteiger partial charge in [0.05, 0.1) is 14.2 Å². The molecule has 3 rings (SSSR count). The van der Waals surface area contributed by atoms with Crippen LogP contribution in [0.15, 0.2) is 47.8 Å². The second kappa shape index (κ2) is 5.24. The van der Waals surface area contributed by atoms with Crippen molar-refractivity contribution in [1.82, 2.24) is 9.38 Å². The van der Waals surface area contributed by atoms with Gasteiger partial charge in [-0.05, 0) is 35.5 Å². The lowest BCUT2D eigenvalue weighted by Crippen LogP contribution is -1.91. The molecule has 106 valence electrons. The van der Waals surface area contributed by atoms with Crippen LogP contribution in [0.4, 0.5) is 5.82 Å². The lowest BCUT2D eigenvalue weighted by atomic mass is 10.1. The zero-order chi connectivity index (χ0) is 14.8. The zero-order valence-electron chi connectivity index (χ0n) is 11.6. The summed E-state index contributed by atoms with van der Waals surface area (Å²) in [4.78, 5) is 15.6. The second-order valence-electron chi connectivity index (χ2n) is 4.37. The molecule has 0 saturated heterocycles. The van der Waals surface area contributed by atoms with E-state index in [-0.39, 0.29) is 5.82 Å². The van der Waals surface area contributed by atoms with Gasteiger partial charge in [0.15, 0.2) is 11.5 Å². The minimum atomic E-state index is 0.262. The first-order valence-electron chi connectivity index (χ1n) is 6.31. The van der Waals surface area contributed by atoms with E-state index >= 15 is 0 Å². The van der Waals surface area contributed by atoms with Crippen molar-refractivity contribution in [1.29, 1.82) is 0 Å². The molecule has 0 radical (unpaired) electrons. The number of ether oxygens (including phenoxy) is 2. The van der Waals surface area contributed by atoms with Crippen LogP contribution >= 0.6 is 0 Å². The Bertz CT molecular complexity index is 811. The molecular weight excluding hydrogens is 270 g/mol. The third kappa shape index (κ3) is 2.10. The highest BCUT2D eigenvalue weighted by molar-refractivity contribution is 5.76. The van der Waals surface area contributed by atoms with Crippen molar-refractivity contribution in [3.63, 3.8) is 0 Å². The molecular formula is C15H13N3O3. The molecule has 0 amide bonds. The van der Waals surface area contributed by atoms with Crippen LogP contribution in [0, 0.1) is 4.91 Å². The van der Waals surface area contributed by atoms with Gasteiger partial charge in [-0.3, -0.25) is 4.40 Å². The predicted octanol–water partition coefficient (Wildman–Crippen LogP) is 3.42. The van der Waals surface area contributed by atoms with Crippen LogP contribution < -0.4 is 9.47 Å². The molecule has 0 N–H and O–H groups in total. The average Bonchev–Trinajstić information content (AvgIpc) is 2.92. The summed E-state index contributed by atoms with van der Waals surface area (Å²) >= 11 is 0. The first-order valence-corrected chi connectivity index (χ1v) is 6.31. The molecule has 0 unspecified atom stereocenters. The Morgan fingerprint density at radius 2 is 1.90 bits per heavy atom. The molecule has 0 spiro atoms. The zero-order valence-corrected chi connectivity index (χ0v) is 11.6. The first kappa shape index (κ1) is 13.1. The van der Waals surface area contributed by atoms with E-state index in [4.69, 9.17) is 9.47 Å². The maximum atomic E-state index is 11.2. The molecule has 2 aromatic heterocycles. The number of nitroso groups, excluding NO2 is 1. The van der Waals surface area contributed by atoms with Crippen LogP contribution in [-0.2, 0) is 0 Å². The fourth-order valence-electron chi connectivity index (χ4n) is 2.25. The number of imidazole rings is 1. The SMILES string of the molecule is COc1ccc(-c2nc3ccccn3c2N=O)cc1OC. The molecule has 0 aliphatic carbocycles. The van der Waals surface area contributed by atoms with Gasteiger partial charge in [0.1, 0.15) is 11.3 Å². The van der Waals surface area contributed by atoms with Crippen LogP contribution in [0.1, 0.15) is 0 Å². The van der Waals surface area contributed by atoms with Crippen LogP contribution in [0.25, 0.3) is 16.9 Å². The summed E-state index contributed by atoms with van der Waals surface area (Å²) in [6, 6.07) is 10.9. The number of rotatable bonds is 4. The van der Waals surface area contributed by atoms with Crippen LogP contribution in [0.2, 0.25) is 0 Å². The van der Waals surface area contributed by atoms with Gasteiger partial charge in [-0.1, -0.05) is 6.07 Å². The normalized spacial score (nSPS) is 10.6. The van der Waals surface area contributed by atoms with Crippen molar-refractivity contribution in [3.8, 4) is 22.8 Å². The van der Waals surface area contributed by atoms with Crippen molar-refractivity contribution in [2.45, 2.75) is 0 Å². The van der Waals surface area contributed by atoms with Gasteiger partial charge in [0, 0.05) is 11.8 Å². The van der Waals surface area contributed by atoms with Crippen molar-refractivity contribution in [3.05, 3.63) is 47.5 Å². The third-order valence-electron chi connectivity index (χ3n) is 3.25. The second-order valence-corrected chi connectivity index (χ2v) is 4.37. The number of benzene rings is 1. The molecule has 0 aliphatic heterocycles. The summed E-state index contributed by atoms with van der Waals surface area (Å²) in [6.07, 6.45) is 1.75. The van der Waals surface area contributed by atoms with Crippen LogP contribution in [0.3, 0.4) is 0 Å². The van der Waals surface area contributed by atoms with E-state index in [1.165, 1.54) is 0 Å². The fourth-order valence-corrected chi connectivity index (χ4v) is 2.25. The van der Waals surface area contributed by atoms with Gasteiger partial charge in [0.25, 0.3) is 0 Å². The fraction of sp³-hybridized carbons (Fsp3) is 0.133. The lowest BCUT2D eigenvalue weighted by molar-refractivity contribution is 0.355. The molecule has 21 heavy (non-hydrogen) atoms. The molecule has 0 bridgehead atoms. The standard InChI is InChI=1S/C15H13N3O3/c1-20-11-7-6-10(9-12(11)21-2)14-15(17-19)18-8-4-3-5-13(18)16-14/h3-9H,1-2H3. The van der Waals surface area contributed by atoms with E-state index in [1.54, 1.807) is 36.9 Å². The number of pyridine rings is 1. The van der Waals surface area contributed by atoms with Gasteiger partial charge in [0.2, 0.25) is 5.82 Å². The van der Waals surface area contributed by atoms with E-state index in [0.717, 1.165) is 5.56 Å². The summed E-state index contributed by atoms with van der Waals surface area (Å²) in [6.45, 7) is 0. The van der Waals surface area contributed by atoms with Crippen molar-refractivity contribution in [2.24, 2.45) is 5.18 Å². The molecule has 0 aliphatic rings. The van der Waals surface area contributed by atoms with Crippen LogP contribution in [0.5, 0.6) is 11.5 Å². The van der Waals surface area contributed by atoms with Crippen LogP contribution in [-0.4, -0.2) is 23.6 Å². The summed E-state index contributed by atoms with van der Waals surface area (Å²) < 4.78 is 12.1. The Hall–Kier alpha value is -2.89. The van der Waals surface area contributed by atoms with Gasteiger partial charge in [-0.25, -0.2) is 4.98 Å². The molecule has 3 aromatic rings. The Labute approximate surface area is 120 Å². The van der Waals surface area contributed by atoms with E-state index in [0.29, 0.717) is 22.8 Å². The highest BCUT2D eigenvalue weighted by atomic mass is 16.5. The lowest BCUT2D eigenvalue weighted by Gasteiger charge is -2.08. The number of nitrogens with zero attached hydrogens (tertiary/aromatic N) is 3. The number of hydrogen-bond donors (Lipinski definition) is 0. The van der Waals surface area contributed by atoms with E-state index in [9.17, 15) is 4.91 Å². The highest BCUT2D eigenvalue weighted by Crippen LogP contribution is 2.36. The molecule has 6 nitrogen and oxygen atoms in total. The minimum absolute atomic E-state index is 0.262. The Morgan fingerprint density at radius 1 is 1.10 bits per heavy atom. The van der Waals surface area contributed by atoms with E-state index in [2.05, 4.69) is 10.2 Å². The summed E-state index contributed by atoms with van der Waals surface area (Å²) in [7, 11) is 3.13. The topological polar surface area (TPSA) is 65.2 Å². The summed E-state index contributed by atoms with van der Waals surface area (Å²) in [5.74, 6) is 1.45. The Morgan fingerprint density at radius 3 is 2.62 bits per heavy atom. The molecule has 6 heteroatoms. The molecule has 0 atom stereocenters. The molecule has 2 heterocycles. The third-order valence-corrected chi connectivity index (χ3v) is 3.25. The largest absolute Gasteiger partial charge is 0.493 e. The van der Waals surface area contributed by atoms with Gasteiger partial charge in [-0.2, -0.15) is 0 Å². The van der Waals surface area contributed by atoms with E-state index < -0.39 is 0 Å². The van der Waals surface area contributed by atoms with Gasteiger partial charge >= 0.3 is 0 Å². The molecule has 0 saturated carbocycles. The van der Waals surface area contributed by atoms with Gasteiger partial charge in [-0.15, -0.1) is 4.91 Å². The predicted molar refractivity (Wildman–Crippen MR) is 79.2 cm³/mol. The maximum Gasteiger partial charge on any atom is 0.209 e. The number of hydrogen-bond acceptors (Lipinski definition) is 5. The minimum Gasteiger partial charge on any atom is -0.493 e. The smallest absolute Gasteiger partial charge is 0.209 e. The Balaban J connectivity index is 2.22. The number of fused-ring (bicyclic) bond motifs is 1. The average molecular weight is 283 g/mol. The van der Waals surface area contributed by atoms with Crippen molar-refractivity contribution >= 4 is 11.5 Å². The van der Waals surface area contributed by atoms with Crippen molar-refractivity contribution < 1.29 is 9.47 Å². The highest BCUT2D eigenvalue weighted by Gasteiger charge is 2.16.